The van der Waals surface area contributed by atoms with E-state index in [1.165, 1.54) is 4.90 Å². The maximum absolute atomic E-state index is 12.1. The molecule has 2 rings (SSSR count). The third-order valence-electron chi connectivity index (χ3n) is 2.82. The van der Waals surface area contributed by atoms with Crippen molar-refractivity contribution >= 4 is 23.5 Å². The summed E-state index contributed by atoms with van der Waals surface area (Å²) in [6, 6.07) is 7.82. The van der Waals surface area contributed by atoms with Gasteiger partial charge in [-0.15, -0.1) is 11.6 Å². The Labute approximate surface area is 104 Å². The van der Waals surface area contributed by atoms with Crippen molar-refractivity contribution in [3.63, 3.8) is 0 Å². The number of carbonyl (C=O) groups is 2. The standard InChI is InChI=1S/C12H12ClNO3/c13-9-6-10(12(16)17)14(7-9)11(15)8-4-2-1-3-5-8/h1-5,9-10H,6-7H2,(H,16,17)/t9-,10-/m0/s1. The van der Waals surface area contributed by atoms with Gasteiger partial charge in [-0.25, -0.2) is 4.79 Å². The molecule has 90 valence electrons. The van der Waals surface area contributed by atoms with E-state index < -0.39 is 12.0 Å². The zero-order valence-electron chi connectivity index (χ0n) is 9.04. The molecule has 1 amide bonds. The number of benzene rings is 1. The fourth-order valence-corrected chi connectivity index (χ4v) is 2.31. The van der Waals surface area contributed by atoms with E-state index in [0.29, 0.717) is 12.0 Å². The second kappa shape index (κ2) is 4.75. The number of carboxylic acids is 1. The van der Waals surface area contributed by atoms with Crippen molar-refractivity contribution < 1.29 is 14.7 Å². The van der Waals surface area contributed by atoms with Crippen LogP contribution in [-0.2, 0) is 4.79 Å². The van der Waals surface area contributed by atoms with Crippen LogP contribution in [0.3, 0.4) is 0 Å². The SMILES string of the molecule is O=C(O)[C@@H]1C[C@H](Cl)CN1C(=O)c1ccccc1. The number of alkyl halides is 1. The lowest BCUT2D eigenvalue weighted by Crippen LogP contribution is -2.40. The van der Waals surface area contributed by atoms with Crippen molar-refractivity contribution in [2.24, 2.45) is 0 Å². The van der Waals surface area contributed by atoms with Crippen molar-refractivity contribution in [1.29, 1.82) is 0 Å². The highest BCUT2D eigenvalue weighted by Crippen LogP contribution is 2.24. The third kappa shape index (κ3) is 2.42. The topological polar surface area (TPSA) is 57.6 Å². The molecular formula is C12H12ClNO3. The highest BCUT2D eigenvalue weighted by atomic mass is 35.5. The molecule has 2 atom stereocenters. The molecule has 0 aliphatic carbocycles. The van der Waals surface area contributed by atoms with Crippen molar-refractivity contribution in [3.05, 3.63) is 35.9 Å². The Morgan fingerprint density at radius 1 is 1.29 bits per heavy atom. The summed E-state index contributed by atoms with van der Waals surface area (Å²) in [5.74, 6) is -1.28. The van der Waals surface area contributed by atoms with Gasteiger partial charge in [0.05, 0.1) is 5.38 Å². The summed E-state index contributed by atoms with van der Waals surface area (Å²) in [7, 11) is 0. The van der Waals surface area contributed by atoms with E-state index in [4.69, 9.17) is 16.7 Å². The van der Waals surface area contributed by atoms with E-state index >= 15 is 0 Å². The number of nitrogens with zero attached hydrogens (tertiary/aromatic N) is 1. The first-order valence-electron chi connectivity index (χ1n) is 5.32. The molecule has 0 bridgehead atoms. The smallest absolute Gasteiger partial charge is 0.326 e. The lowest BCUT2D eigenvalue weighted by Gasteiger charge is -2.21. The number of carbonyl (C=O) groups excluding carboxylic acids is 1. The third-order valence-corrected chi connectivity index (χ3v) is 3.13. The minimum absolute atomic E-state index is 0.277. The predicted molar refractivity (Wildman–Crippen MR) is 63.2 cm³/mol. The second-order valence-electron chi connectivity index (χ2n) is 4.01. The van der Waals surface area contributed by atoms with Gasteiger partial charge in [-0.1, -0.05) is 18.2 Å². The van der Waals surface area contributed by atoms with Crippen LogP contribution in [0.25, 0.3) is 0 Å². The molecule has 17 heavy (non-hydrogen) atoms. The Kier molecular flexibility index (Phi) is 3.33. The molecule has 1 heterocycles. The Hall–Kier alpha value is -1.55. The van der Waals surface area contributed by atoms with Gasteiger partial charge in [0.15, 0.2) is 0 Å². The van der Waals surface area contributed by atoms with Crippen molar-refractivity contribution in [2.45, 2.75) is 17.8 Å². The number of carboxylic acid groups (broad SMARTS) is 1. The van der Waals surface area contributed by atoms with Crippen LogP contribution in [0, 0.1) is 0 Å². The number of aliphatic carboxylic acids is 1. The minimum atomic E-state index is -1.00. The molecule has 0 unspecified atom stereocenters. The molecule has 1 N–H and O–H groups in total. The van der Waals surface area contributed by atoms with Crippen LogP contribution >= 0.6 is 11.6 Å². The van der Waals surface area contributed by atoms with Crippen LogP contribution in [0.1, 0.15) is 16.8 Å². The minimum Gasteiger partial charge on any atom is -0.480 e. The fraction of sp³-hybridized carbons (Fsp3) is 0.333. The lowest BCUT2D eigenvalue weighted by atomic mass is 10.1. The number of halogens is 1. The highest BCUT2D eigenvalue weighted by molar-refractivity contribution is 6.21. The first-order chi connectivity index (χ1) is 8.09. The van der Waals surface area contributed by atoms with Gasteiger partial charge in [0.2, 0.25) is 0 Å². The largest absolute Gasteiger partial charge is 0.480 e. The van der Waals surface area contributed by atoms with Crippen LogP contribution in [0.2, 0.25) is 0 Å². The van der Waals surface area contributed by atoms with Gasteiger partial charge in [0, 0.05) is 12.1 Å². The first kappa shape index (κ1) is 11.9. The predicted octanol–water partition coefficient (Wildman–Crippen LogP) is 1.59. The maximum atomic E-state index is 12.1. The van der Waals surface area contributed by atoms with Crippen molar-refractivity contribution in [2.75, 3.05) is 6.54 Å². The second-order valence-corrected chi connectivity index (χ2v) is 4.63. The van der Waals surface area contributed by atoms with Gasteiger partial charge in [0.25, 0.3) is 5.91 Å². The van der Waals surface area contributed by atoms with E-state index in [9.17, 15) is 9.59 Å². The van der Waals surface area contributed by atoms with Crippen LogP contribution in [-0.4, -0.2) is 39.8 Å². The van der Waals surface area contributed by atoms with Gasteiger partial charge >= 0.3 is 5.97 Å². The van der Waals surface area contributed by atoms with E-state index in [0.717, 1.165) is 0 Å². The molecule has 0 saturated carbocycles. The van der Waals surface area contributed by atoms with Crippen LogP contribution in [0.15, 0.2) is 30.3 Å². The van der Waals surface area contributed by atoms with Gasteiger partial charge in [0.1, 0.15) is 6.04 Å². The molecule has 5 heteroatoms. The van der Waals surface area contributed by atoms with Crippen LogP contribution in [0.5, 0.6) is 0 Å². The van der Waals surface area contributed by atoms with Crippen molar-refractivity contribution in [1.82, 2.24) is 4.90 Å². The summed E-state index contributed by atoms with van der Waals surface area (Å²) < 4.78 is 0. The number of rotatable bonds is 2. The zero-order chi connectivity index (χ0) is 12.4. The highest BCUT2D eigenvalue weighted by Gasteiger charge is 2.39. The Balaban J connectivity index is 2.22. The molecular weight excluding hydrogens is 242 g/mol. The zero-order valence-corrected chi connectivity index (χ0v) is 9.80. The average molecular weight is 254 g/mol. The van der Waals surface area contributed by atoms with E-state index in [1.807, 2.05) is 0 Å². The first-order valence-corrected chi connectivity index (χ1v) is 5.76. The molecule has 1 saturated heterocycles. The number of hydrogen-bond donors (Lipinski definition) is 1. The van der Waals surface area contributed by atoms with Crippen LogP contribution in [0.4, 0.5) is 0 Å². The summed E-state index contributed by atoms with van der Waals surface area (Å²) in [5, 5.41) is 8.76. The molecule has 1 aromatic carbocycles. The summed E-state index contributed by atoms with van der Waals surface area (Å²) in [6.45, 7) is 0.284. The molecule has 1 aromatic rings. The summed E-state index contributed by atoms with van der Waals surface area (Å²) in [5.41, 5.74) is 0.490. The average Bonchev–Trinajstić information content (AvgIpc) is 2.72. The number of likely N-dealkylation sites (tertiary alicyclic amines) is 1. The molecule has 1 aliphatic heterocycles. The normalized spacial score (nSPS) is 23.7. The van der Waals surface area contributed by atoms with Gasteiger partial charge in [-0.05, 0) is 18.6 Å². The Morgan fingerprint density at radius 2 is 1.94 bits per heavy atom. The molecule has 0 spiro atoms. The van der Waals surface area contributed by atoms with E-state index in [2.05, 4.69) is 0 Å². The molecule has 1 aliphatic rings. The maximum Gasteiger partial charge on any atom is 0.326 e. The summed E-state index contributed by atoms with van der Waals surface area (Å²) in [6.07, 6.45) is 0.301. The molecule has 0 aromatic heterocycles. The summed E-state index contributed by atoms with van der Waals surface area (Å²) >= 11 is 5.92. The van der Waals surface area contributed by atoms with Gasteiger partial charge in [-0.2, -0.15) is 0 Å². The number of hydrogen-bond acceptors (Lipinski definition) is 2. The van der Waals surface area contributed by atoms with Gasteiger partial charge < -0.3 is 10.0 Å². The van der Waals surface area contributed by atoms with Crippen molar-refractivity contribution in [3.8, 4) is 0 Å². The summed E-state index contributed by atoms with van der Waals surface area (Å²) in [4.78, 5) is 24.5. The van der Waals surface area contributed by atoms with Crippen LogP contribution < -0.4 is 0 Å². The Bertz CT molecular complexity index is 435. The molecule has 4 nitrogen and oxygen atoms in total. The molecule has 1 fully saturated rings. The molecule has 0 radical (unpaired) electrons. The quantitative estimate of drug-likeness (QED) is 0.815. The number of amides is 1. The monoisotopic (exact) mass is 253 g/mol. The lowest BCUT2D eigenvalue weighted by molar-refractivity contribution is -0.141. The van der Waals surface area contributed by atoms with Gasteiger partial charge in [-0.3, -0.25) is 4.79 Å². The van der Waals surface area contributed by atoms with E-state index in [-0.39, 0.29) is 17.8 Å². The Morgan fingerprint density at radius 3 is 2.53 bits per heavy atom. The fourth-order valence-electron chi connectivity index (χ4n) is 1.99. The van der Waals surface area contributed by atoms with E-state index in [1.54, 1.807) is 30.3 Å².